The van der Waals surface area contributed by atoms with Crippen molar-refractivity contribution in [1.82, 2.24) is 0 Å². The molecular weight excluding hydrogens is 445 g/mol. The van der Waals surface area contributed by atoms with Gasteiger partial charge in [0.2, 0.25) is 0 Å². The zero-order chi connectivity index (χ0) is 15.5. The molecule has 1 unspecified atom stereocenters. The molecule has 1 atom stereocenters. The van der Waals surface area contributed by atoms with E-state index in [-0.39, 0.29) is 5.97 Å². The summed E-state index contributed by atoms with van der Waals surface area (Å²) in [6, 6.07) is 15.5. The smallest absolute Gasteiger partial charge is 0.335 e. The van der Waals surface area contributed by atoms with Gasteiger partial charge in [-0.15, -0.1) is 0 Å². The second-order valence-electron chi connectivity index (χ2n) is 4.76. The van der Waals surface area contributed by atoms with E-state index < -0.39 is 5.54 Å². The van der Waals surface area contributed by atoms with E-state index in [0.29, 0.717) is 0 Å². The van der Waals surface area contributed by atoms with Crippen LogP contribution in [0.1, 0.15) is 12.5 Å². The molecule has 0 bridgehead atoms. The summed E-state index contributed by atoms with van der Waals surface area (Å²) < 4.78 is 7.09. The fraction of sp³-hybridized carbons (Fsp3) is 0.188. The van der Waals surface area contributed by atoms with Crippen LogP contribution in [0, 0.1) is 3.57 Å². The molecule has 0 saturated carbocycles. The highest BCUT2D eigenvalue weighted by Gasteiger charge is 2.36. The summed E-state index contributed by atoms with van der Waals surface area (Å²) in [6.07, 6.45) is 0. The molecule has 2 rings (SSSR count). The molecule has 1 N–H and O–H groups in total. The third-order valence-corrected chi connectivity index (χ3v) is 4.50. The van der Waals surface area contributed by atoms with Gasteiger partial charge in [0, 0.05) is 13.7 Å². The Morgan fingerprint density at radius 3 is 2.24 bits per heavy atom. The first-order valence-electron chi connectivity index (χ1n) is 6.34. The monoisotopic (exact) mass is 459 g/mol. The Kier molecular flexibility index (Phi) is 5.27. The van der Waals surface area contributed by atoms with Gasteiger partial charge in [-0.25, -0.2) is 4.79 Å². The molecule has 0 saturated heterocycles. The number of carbonyl (C=O) groups excluding carboxylic acids is 1. The Morgan fingerprint density at radius 1 is 1.14 bits per heavy atom. The third-order valence-electron chi connectivity index (χ3n) is 3.25. The number of anilines is 1. The molecule has 110 valence electrons. The van der Waals surface area contributed by atoms with E-state index in [4.69, 9.17) is 4.74 Å². The number of nitrogens with one attached hydrogen (secondary N) is 1. The maximum atomic E-state index is 12.3. The highest BCUT2D eigenvalue weighted by atomic mass is 127. The molecule has 0 fully saturated rings. The number of hydrogen-bond donors (Lipinski definition) is 1. The van der Waals surface area contributed by atoms with E-state index in [1.807, 2.05) is 55.5 Å². The summed E-state index contributed by atoms with van der Waals surface area (Å²) >= 11 is 5.64. The first-order valence-corrected chi connectivity index (χ1v) is 8.21. The summed E-state index contributed by atoms with van der Waals surface area (Å²) in [5.41, 5.74) is 0.773. The van der Waals surface area contributed by atoms with Crippen molar-refractivity contribution < 1.29 is 9.53 Å². The number of halogens is 2. The highest BCUT2D eigenvalue weighted by molar-refractivity contribution is 14.1. The fourth-order valence-corrected chi connectivity index (χ4v) is 2.67. The van der Waals surface area contributed by atoms with Crippen molar-refractivity contribution in [1.29, 1.82) is 0 Å². The summed E-state index contributed by atoms with van der Waals surface area (Å²) in [5, 5.41) is 3.27. The van der Waals surface area contributed by atoms with Crippen molar-refractivity contribution >= 4 is 50.2 Å². The van der Waals surface area contributed by atoms with Gasteiger partial charge in [0.05, 0.1) is 7.11 Å². The highest BCUT2D eigenvalue weighted by Crippen LogP contribution is 2.28. The van der Waals surface area contributed by atoms with E-state index in [9.17, 15) is 4.79 Å². The number of ether oxygens (including phenoxy) is 1. The van der Waals surface area contributed by atoms with Gasteiger partial charge in [0.25, 0.3) is 0 Å². The van der Waals surface area contributed by atoms with E-state index >= 15 is 0 Å². The van der Waals surface area contributed by atoms with Gasteiger partial charge >= 0.3 is 5.97 Å². The Balaban J connectivity index is 2.39. The van der Waals surface area contributed by atoms with Gasteiger partial charge in [-0.1, -0.05) is 28.1 Å². The molecule has 0 aromatic heterocycles. The van der Waals surface area contributed by atoms with E-state index in [2.05, 4.69) is 43.8 Å². The lowest BCUT2D eigenvalue weighted by molar-refractivity contribution is -0.145. The predicted molar refractivity (Wildman–Crippen MR) is 96.3 cm³/mol. The Hall–Kier alpha value is -1.08. The standard InChI is InChI=1S/C16H15BrINO2/c1-16(15(20)21-2,11-3-7-13(18)8-4-11)19-14-9-5-12(17)6-10-14/h3-10,19H,1-2H3. The average Bonchev–Trinajstić information content (AvgIpc) is 2.49. The summed E-state index contributed by atoms with van der Waals surface area (Å²) in [7, 11) is 1.40. The maximum Gasteiger partial charge on any atom is 0.335 e. The minimum atomic E-state index is -0.938. The molecule has 0 aliphatic heterocycles. The van der Waals surface area contributed by atoms with Crippen LogP contribution in [0.25, 0.3) is 0 Å². The van der Waals surface area contributed by atoms with Crippen LogP contribution < -0.4 is 5.32 Å². The number of esters is 1. The van der Waals surface area contributed by atoms with Gasteiger partial charge in [-0.05, 0) is 71.5 Å². The van der Waals surface area contributed by atoms with E-state index in [1.54, 1.807) is 0 Å². The van der Waals surface area contributed by atoms with Crippen LogP contribution in [0.15, 0.2) is 53.0 Å². The summed E-state index contributed by atoms with van der Waals surface area (Å²) in [5.74, 6) is -0.327. The van der Waals surface area contributed by atoms with Crippen LogP contribution in [-0.4, -0.2) is 13.1 Å². The molecular formula is C16H15BrINO2. The quantitative estimate of drug-likeness (QED) is 0.538. The van der Waals surface area contributed by atoms with Crippen LogP contribution in [-0.2, 0) is 15.1 Å². The molecule has 0 aliphatic carbocycles. The summed E-state index contributed by atoms with van der Waals surface area (Å²) in [6.45, 7) is 1.82. The second kappa shape index (κ2) is 6.79. The van der Waals surface area contributed by atoms with Gasteiger partial charge in [0.15, 0.2) is 5.54 Å². The Labute approximate surface area is 146 Å². The van der Waals surface area contributed by atoms with Gasteiger partial charge < -0.3 is 10.1 Å². The number of methoxy groups -OCH3 is 1. The van der Waals surface area contributed by atoms with Crippen molar-refractivity contribution in [3.63, 3.8) is 0 Å². The maximum absolute atomic E-state index is 12.3. The number of rotatable bonds is 4. The van der Waals surface area contributed by atoms with Crippen LogP contribution in [0.4, 0.5) is 5.69 Å². The van der Waals surface area contributed by atoms with Crippen molar-refractivity contribution in [3.8, 4) is 0 Å². The van der Waals surface area contributed by atoms with E-state index in [1.165, 1.54) is 7.11 Å². The lowest BCUT2D eigenvalue weighted by Gasteiger charge is -2.29. The Morgan fingerprint density at radius 2 is 1.71 bits per heavy atom. The zero-order valence-electron chi connectivity index (χ0n) is 11.7. The Bertz CT molecular complexity index is 628. The SMILES string of the molecule is COC(=O)C(C)(Nc1ccc(Br)cc1)c1ccc(I)cc1. The van der Waals surface area contributed by atoms with Crippen LogP contribution in [0.2, 0.25) is 0 Å². The largest absolute Gasteiger partial charge is 0.467 e. The van der Waals surface area contributed by atoms with Crippen LogP contribution in [0.3, 0.4) is 0 Å². The zero-order valence-corrected chi connectivity index (χ0v) is 15.4. The molecule has 5 heteroatoms. The van der Waals surface area contributed by atoms with Gasteiger partial charge in [-0.3, -0.25) is 0 Å². The molecule has 0 aliphatic rings. The molecule has 0 heterocycles. The number of hydrogen-bond acceptors (Lipinski definition) is 3. The normalized spacial score (nSPS) is 13.3. The topological polar surface area (TPSA) is 38.3 Å². The van der Waals surface area contributed by atoms with Crippen molar-refractivity contribution in [2.75, 3.05) is 12.4 Å². The minimum Gasteiger partial charge on any atom is -0.467 e. The molecule has 0 radical (unpaired) electrons. The van der Waals surface area contributed by atoms with Gasteiger partial charge in [0.1, 0.15) is 0 Å². The van der Waals surface area contributed by atoms with Crippen molar-refractivity contribution in [2.24, 2.45) is 0 Å². The van der Waals surface area contributed by atoms with E-state index in [0.717, 1.165) is 19.3 Å². The number of carbonyl (C=O) groups is 1. The third kappa shape index (κ3) is 3.77. The molecule has 2 aromatic rings. The average molecular weight is 460 g/mol. The van der Waals surface area contributed by atoms with Crippen molar-refractivity contribution in [2.45, 2.75) is 12.5 Å². The minimum absolute atomic E-state index is 0.327. The molecule has 0 spiro atoms. The predicted octanol–water partition coefficient (Wildman–Crippen LogP) is 4.55. The lowest BCUT2D eigenvalue weighted by atomic mass is 9.91. The van der Waals surface area contributed by atoms with Crippen molar-refractivity contribution in [3.05, 3.63) is 62.1 Å². The fourth-order valence-electron chi connectivity index (χ4n) is 2.05. The first-order chi connectivity index (χ1) is 9.95. The summed E-state index contributed by atoms with van der Waals surface area (Å²) in [4.78, 5) is 12.3. The van der Waals surface area contributed by atoms with Gasteiger partial charge in [-0.2, -0.15) is 0 Å². The first kappa shape index (κ1) is 16.3. The second-order valence-corrected chi connectivity index (χ2v) is 6.92. The number of benzene rings is 2. The van der Waals surface area contributed by atoms with Crippen LogP contribution >= 0.6 is 38.5 Å². The molecule has 2 aromatic carbocycles. The van der Waals surface area contributed by atoms with Crippen LogP contribution in [0.5, 0.6) is 0 Å². The lowest BCUT2D eigenvalue weighted by Crippen LogP contribution is -2.41. The molecule has 3 nitrogen and oxygen atoms in total. The molecule has 0 amide bonds. The molecule has 21 heavy (non-hydrogen) atoms.